The number of unbranched alkanes of at least 4 members (excludes halogenated alkanes) is 5. The zero-order chi connectivity index (χ0) is 29.3. The van der Waals surface area contributed by atoms with Crippen molar-refractivity contribution >= 4 is 17.9 Å². The maximum atomic E-state index is 13.5. The van der Waals surface area contributed by atoms with E-state index in [4.69, 9.17) is 4.74 Å². The first-order valence-corrected chi connectivity index (χ1v) is 15.9. The van der Waals surface area contributed by atoms with Gasteiger partial charge in [-0.25, -0.2) is 4.79 Å². The van der Waals surface area contributed by atoms with Crippen LogP contribution in [0.2, 0.25) is 0 Å². The van der Waals surface area contributed by atoms with Crippen LogP contribution in [0.15, 0.2) is 42.5 Å². The van der Waals surface area contributed by atoms with Gasteiger partial charge in [0.05, 0.1) is 0 Å². The average Bonchev–Trinajstić information content (AvgIpc) is 2.99. The second-order valence-electron chi connectivity index (χ2n) is 11.5. The second kappa shape index (κ2) is 17.8. The van der Waals surface area contributed by atoms with Crippen LogP contribution in [-0.2, 0) is 20.9 Å². The molecule has 8 heteroatoms. The predicted octanol–water partition coefficient (Wildman–Crippen LogP) is 5.57. The van der Waals surface area contributed by atoms with Gasteiger partial charge in [0.1, 0.15) is 18.2 Å². The van der Waals surface area contributed by atoms with E-state index in [0.717, 1.165) is 50.9 Å². The molecule has 0 saturated carbocycles. The van der Waals surface area contributed by atoms with E-state index in [2.05, 4.69) is 41.5 Å². The van der Waals surface area contributed by atoms with E-state index in [-0.39, 0.29) is 18.4 Å². The first kappa shape index (κ1) is 32.6. The number of hydrogen-bond acceptors (Lipinski definition) is 5. The van der Waals surface area contributed by atoms with Crippen molar-refractivity contribution in [3.63, 3.8) is 0 Å². The Kier molecular flexibility index (Phi) is 14.2. The zero-order valence-electron chi connectivity index (χ0n) is 25.4. The van der Waals surface area contributed by atoms with Gasteiger partial charge in [-0.3, -0.25) is 9.59 Å². The number of nitrogens with one attached hydrogen (secondary N) is 2. The first-order chi connectivity index (χ1) is 20.0. The van der Waals surface area contributed by atoms with E-state index in [1.807, 2.05) is 35.2 Å². The van der Waals surface area contributed by atoms with Crippen molar-refractivity contribution < 1.29 is 19.1 Å². The van der Waals surface area contributed by atoms with E-state index in [1.54, 1.807) is 0 Å². The highest BCUT2D eigenvalue weighted by molar-refractivity contribution is 6.00. The summed E-state index contributed by atoms with van der Waals surface area (Å²) < 4.78 is 5.24. The highest BCUT2D eigenvalue weighted by Gasteiger charge is 2.52. The number of piperazine rings is 1. The summed E-state index contributed by atoms with van der Waals surface area (Å²) in [7, 11) is 0. The third-order valence-electron chi connectivity index (χ3n) is 8.33. The van der Waals surface area contributed by atoms with Gasteiger partial charge in [0.15, 0.2) is 0 Å². The third-order valence-corrected chi connectivity index (χ3v) is 8.33. The fourth-order valence-electron chi connectivity index (χ4n) is 5.88. The number of carbonyl (C=O) groups excluding carboxylic acids is 3. The number of hydrogen-bond donors (Lipinski definition) is 2. The van der Waals surface area contributed by atoms with Crippen LogP contribution in [0.25, 0.3) is 0 Å². The quantitative estimate of drug-likeness (QED) is 0.189. The van der Waals surface area contributed by atoms with Crippen molar-refractivity contribution in [1.82, 2.24) is 20.4 Å². The van der Waals surface area contributed by atoms with Crippen molar-refractivity contribution in [3.8, 4) is 0 Å². The van der Waals surface area contributed by atoms with Gasteiger partial charge in [0, 0.05) is 26.2 Å². The maximum absolute atomic E-state index is 13.5. The lowest BCUT2D eigenvalue weighted by Gasteiger charge is -2.51. The minimum atomic E-state index is -0.719. The molecule has 1 aromatic rings. The summed E-state index contributed by atoms with van der Waals surface area (Å²) in [5.41, 5.74) is 0.221. The van der Waals surface area contributed by atoms with Crippen molar-refractivity contribution in [2.75, 3.05) is 32.7 Å². The average molecular weight is 569 g/mol. The van der Waals surface area contributed by atoms with Crippen molar-refractivity contribution in [3.05, 3.63) is 48.0 Å². The molecule has 2 aliphatic rings. The van der Waals surface area contributed by atoms with Crippen molar-refractivity contribution in [2.24, 2.45) is 0 Å². The maximum Gasteiger partial charge on any atom is 0.407 e. The number of ether oxygens (including phenoxy) is 1. The summed E-state index contributed by atoms with van der Waals surface area (Å²) in [5, 5.41) is 5.85. The lowest BCUT2D eigenvalue weighted by atomic mass is 9.81. The highest BCUT2D eigenvalue weighted by Crippen LogP contribution is 2.34. The summed E-state index contributed by atoms with van der Waals surface area (Å²) in [6.45, 7) is 8.34. The summed E-state index contributed by atoms with van der Waals surface area (Å²) in [5.74, 6) is 0.0520. The smallest absolute Gasteiger partial charge is 0.407 e. The minimum Gasteiger partial charge on any atom is -0.445 e. The lowest BCUT2D eigenvalue weighted by molar-refractivity contribution is -0.161. The molecule has 0 unspecified atom stereocenters. The van der Waals surface area contributed by atoms with Gasteiger partial charge in [0.25, 0.3) is 0 Å². The van der Waals surface area contributed by atoms with Crippen LogP contribution in [0.4, 0.5) is 4.79 Å². The number of alkyl carbamates (subject to hydrolysis) is 1. The molecule has 0 aliphatic carbocycles. The molecule has 2 N–H and O–H groups in total. The van der Waals surface area contributed by atoms with E-state index < -0.39 is 17.7 Å². The second-order valence-corrected chi connectivity index (χ2v) is 11.5. The Hall–Kier alpha value is -2.87. The Morgan fingerprint density at radius 3 is 2.41 bits per heavy atom. The molecule has 1 spiro atoms. The van der Waals surface area contributed by atoms with Gasteiger partial charge in [-0.1, -0.05) is 69.2 Å². The highest BCUT2D eigenvalue weighted by atomic mass is 16.5. The number of likely N-dealkylation sites (tertiary alicyclic amines) is 1. The van der Waals surface area contributed by atoms with E-state index >= 15 is 0 Å². The van der Waals surface area contributed by atoms with Crippen molar-refractivity contribution in [2.45, 2.75) is 109 Å². The molecule has 2 aliphatic heterocycles. The van der Waals surface area contributed by atoms with Gasteiger partial charge in [-0.2, -0.15) is 0 Å². The zero-order valence-corrected chi connectivity index (χ0v) is 25.4. The molecule has 41 heavy (non-hydrogen) atoms. The molecule has 1 aromatic carbocycles. The van der Waals surface area contributed by atoms with Crippen LogP contribution in [0, 0.1) is 0 Å². The largest absolute Gasteiger partial charge is 0.445 e. The predicted molar refractivity (Wildman–Crippen MR) is 163 cm³/mol. The molecule has 228 valence electrons. The van der Waals surface area contributed by atoms with Gasteiger partial charge in [-0.15, -0.1) is 0 Å². The molecular weight excluding hydrogens is 516 g/mol. The first-order valence-electron chi connectivity index (χ1n) is 15.9. The number of allylic oxidation sites excluding steroid dienone is 2. The molecule has 0 aromatic heterocycles. The number of rotatable bonds is 17. The van der Waals surface area contributed by atoms with Gasteiger partial charge in [0.2, 0.25) is 11.8 Å². The molecule has 2 fully saturated rings. The lowest BCUT2D eigenvalue weighted by Crippen LogP contribution is -2.72. The van der Waals surface area contributed by atoms with E-state index in [9.17, 15) is 14.4 Å². The Labute approximate surface area is 247 Å². The molecule has 3 amide bonds. The van der Waals surface area contributed by atoms with E-state index in [1.165, 1.54) is 25.7 Å². The number of amides is 3. The summed E-state index contributed by atoms with van der Waals surface area (Å²) in [6, 6.07) is 9.06. The number of nitrogens with zero attached hydrogens (tertiary/aromatic N) is 2. The van der Waals surface area contributed by atoms with Gasteiger partial charge < -0.3 is 25.2 Å². The Bertz CT molecular complexity index is 959. The van der Waals surface area contributed by atoms with Crippen LogP contribution < -0.4 is 10.6 Å². The Balaban J connectivity index is 1.38. The normalized spacial score (nSPS) is 19.1. The molecule has 0 bridgehead atoms. The SMILES string of the molecule is CCCCC/C=C\CCCN1CCC2(CC1)C(=O)N[C@@H](CCCCNC(=O)OCc1ccccc1)C(=O)N2CCC. The van der Waals surface area contributed by atoms with E-state index in [0.29, 0.717) is 38.8 Å². The number of benzene rings is 1. The molecule has 2 heterocycles. The number of piperidine rings is 1. The molecule has 8 nitrogen and oxygen atoms in total. The third kappa shape index (κ3) is 10.2. The van der Waals surface area contributed by atoms with Crippen LogP contribution in [0.1, 0.15) is 96.5 Å². The summed E-state index contributed by atoms with van der Waals surface area (Å²) >= 11 is 0. The fraction of sp³-hybridized carbons (Fsp3) is 0.667. The van der Waals surface area contributed by atoms with Gasteiger partial charge >= 0.3 is 6.09 Å². The monoisotopic (exact) mass is 568 g/mol. The minimum absolute atomic E-state index is 0.00725. The molecule has 0 radical (unpaired) electrons. The van der Waals surface area contributed by atoms with Crippen LogP contribution in [-0.4, -0.2) is 72.0 Å². The summed E-state index contributed by atoms with van der Waals surface area (Å²) in [4.78, 5) is 43.3. The summed E-state index contributed by atoms with van der Waals surface area (Å²) in [6.07, 6.45) is 15.6. The Morgan fingerprint density at radius 2 is 1.71 bits per heavy atom. The van der Waals surface area contributed by atoms with Crippen LogP contribution >= 0.6 is 0 Å². The molecule has 3 rings (SSSR count). The standard InChI is InChI=1S/C33H52N4O4/c1-3-5-6-7-8-9-10-16-24-36-25-20-33(21-26-36)31(39)35-29(30(38)37(33)23-4-2)19-14-15-22-34-32(40)41-27-28-17-12-11-13-18-28/h8-9,11-13,17-18,29H,3-7,10,14-16,19-27H2,1-2H3,(H,34,40)(H,35,39)/b9-8-/t29-/m0/s1. The molecular formula is C33H52N4O4. The van der Waals surface area contributed by atoms with Crippen molar-refractivity contribution in [1.29, 1.82) is 0 Å². The van der Waals surface area contributed by atoms with Gasteiger partial charge in [-0.05, 0) is 76.3 Å². The Morgan fingerprint density at radius 1 is 0.976 bits per heavy atom. The van der Waals surface area contributed by atoms with Crippen LogP contribution in [0.5, 0.6) is 0 Å². The fourth-order valence-corrected chi connectivity index (χ4v) is 5.88. The molecule has 1 atom stereocenters. The number of carbonyl (C=O) groups is 3. The topological polar surface area (TPSA) is 91.0 Å². The van der Waals surface area contributed by atoms with Crippen LogP contribution in [0.3, 0.4) is 0 Å². The molecule has 2 saturated heterocycles.